The van der Waals surface area contributed by atoms with Crippen molar-refractivity contribution in [2.24, 2.45) is 0 Å². The summed E-state index contributed by atoms with van der Waals surface area (Å²) in [6.45, 7) is 0. The van der Waals surface area contributed by atoms with E-state index in [1.165, 1.54) is 17.1 Å². The molecule has 0 aliphatic carbocycles. The van der Waals surface area contributed by atoms with Crippen LogP contribution in [0.4, 0.5) is 0 Å². The number of hydrogen-bond acceptors (Lipinski definition) is 2. The Labute approximate surface area is 97.6 Å². The maximum Gasteiger partial charge on any atom is 0.328 e. The van der Waals surface area contributed by atoms with E-state index in [9.17, 15) is 4.79 Å². The van der Waals surface area contributed by atoms with Crippen LogP contribution in [0.2, 0.25) is 0 Å². The van der Waals surface area contributed by atoms with Crippen molar-refractivity contribution in [3.63, 3.8) is 0 Å². The molecule has 2 aromatic rings. The van der Waals surface area contributed by atoms with Gasteiger partial charge >= 0.3 is 5.97 Å². The van der Waals surface area contributed by atoms with Crippen LogP contribution in [0.3, 0.4) is 0 Å². The predicted octanol–water partition coefficient (Wildman–Crippen LogP) is 3.53. The standard InChI is InChI=1S/C13H10O2S/c14-13(15)7-8-16-12-6-5-10-3-1-2-4-11(10)9-12/h1-9H,(H,14,15). The van der Waals surface area contributed by atoms with Gasteiger partial charge in [0.15, 0.2) is 0 Å². The van der Waals surface area contributed by atoms with Gasteiger partial charge in [0.05, 0.1) is 0 Å². The van der Waals surface area contributed by atoms with Gasteiger partial charge < -0.3 is 5.11 Å². The fraction of sp³-hybridized carbons (Fsp3) is 0. The zero-order valence-corrected chi connectivity index (χ0v) is 9.28. The Hall–Kier alpha value is -1.74. The van der Waals surface area contributed by atoms with Crippen molar-refractivity contribution in [1.82, 2.24) is 0 Å². The molecular weight excluding hydrogens is 220 g/mol. The average Bonchev–Trinajstić information content (AvgIpc) is 2.28. The Morgan fingerprint density at radius 2 is 1.88 bits per heavy atom. The Morgan fingerprint density at radius 1 is 1.12 bits per heavy atom. The van der Waals surface area contributed by atoms with Gasteiger partial charge in [0.1, 0.15) is 0 Å². The van der Waals surface area contributed by atoms with Crippen LogP contribution in [0.25, 0.3) is 10.8 Å². The number of benzene rings is 2. The molecule has 0 saturated heterocycles. The molecule has 2 rings (SSSR count). The largest absolute Gasteiger partial charge is 0.478 e. The molecule has 2 nitrogen and oxygen atoms in total. The molecule has 2 aromatic carbocycles. The van der Waals surface area contributed by atoms with E-state index >= 15 is 0 Å². The third-order valence-electron chi connectivity index (χ3n) is 2.14. The zero-order valence-electron chi connectivity index (χ0n) is 8.46. The Bertz CT molecular complexity index is 546. The van der Waals surface area contributed by atoms with Crippen molar-refractivity contribution in [1.29, 1.82) is 0 Å². The van der Waals surface area contributed by atoms with E-state index in [1.807, 2.05) is 36.4 Å². The van der Waals surface area contributed by atoms with Crippen molar-refractivity contribution >= 4 is 28.5 Å². The van der Waals surface area contributed by atoms with Gasteiger partial charge in [-0.05, 0) is 28.3 Å². The maximum absolute atomic E-state index is 10.3. The molecule has 0 atom stereocenters. The molecule has 0 aliphatic rings. The van der Waals surface area contributed by atoms with Gasteiger partial charge in [0.2, 0.25) is 0 Å². The van der Waals surface area contributed by atoms with E-state index in [1.54, 1.807) is 5.41 Å². The van der Waals surface area contributed by atoms with Crippen LogP contribution in [0.15, 0.2) is 58.8 Å². The number of carbonyl (C=O) groups is 1. The summed E-state index contributed by atoms with van der Waals surface area (Å²) in [6.07, 6.45) is 1.14. The number of thioether (sulfide) groups is 1. The summed E-state index contributed by atoms with van der Waals surface area (Å²) in [5.41, 5.74) is 0. The second-order valence-corrected chi connectivity index (χ2v) is 4.25. The molecule has 0 aliphatic heterocycles. The lowest BCUT2D eigenvalue weighted by Crippen LogP contribution is -1.84. The second kappa shape index (κ2) is 4.86. The van der Waals surface area contributed by atoms with E-state index < -0.39 is 5.97 Å². The molecule has 0 unspecified atom stereocenters. The van der Waals surface area contributed by atoms with Crippen molar-refractivity contribution < 1.29 is 9.90 Å². The normalized spacial score (nSPS) is 11.0. The van der Waals surface area contributed by atoms with Crippen LogP contribution in [0.1, 0.15) is 0 Å². The van der Waals surface area contributed by atoms with Crippen molar-refractivity contribution in [2.45, 2.75) is 4.90 Å². The zero-order chi connectivity index (χ0) is 11.4. The van der Waals surface area contributed by atoms with Gasteiger partial charge in [-0.2, -0.15) is 0 Å². The maximum atomic E-state index is 10.3. The second-order valence-electron chi connectivity index (χ2n) is 3.27. The first kappa shape index (κ1) is 10.8. The summed E-state index contributed by atoms with van der Waals surface area (Å²) in [6, 6.07) is 14.2. The molecule has 1 N–H and O–H groups in total. The topological polar surface area (TPSA) is 37.3 Å². The molecule has 0 heterocycles. The minimum Gasteiger partial charge on any atom is -0.478 e. The third-order valence-corrected chi connectivity index (χ3v) is 2.93. The molecule has 0 radical (unpaired) electrons. The lowest BCUT2D eigenvalue weighted by Gasteiger charge is -1.99. The molecule has 0 saturated carbocycles. The molecule has 0 fully saturated rings. The predicted molar refractivity (Wildman–Crippen MR) is 66.6 cm³/mol. The highest BCUT2D eigenvalue weighted by molar-refractivity contribution is 8.02. The summed E-state index contributed by atoms with van der Waals surface area (Å²) in [5.74, 6) is -0.923. The Kier molecular flexibility index (Phi) is 3.27. The van der Waals surface area contributed by atoms with Crippen LogP contribution < -0.4 is 0 Å². The molecular formula is C13H10O2S. The monoisotopic (exact) mass is 230 g/mol. The quantitative estimate of drug-likeness (QED) is 0.647. The number of fused-ring (bicyclic) bond motifs is 1. The van der Waals surface area contributed by atoms with Crippen molar-refractivity contribution in [3.8, 4) is 0 Å². The van der Waals surface area contributed by atoms with E-state index in [0.29, 0.717) is 0 Å². The Morgan fingerprint density at radius 3 is 2.62 bits per heavy atom. The lowest BCUT2D eigenvalue weighted by molar-refractivity contribution is -0.131. The number of aliphatic carboxylic acids is 1. The fourth-order valence-electron chi connectivity index (χ4n) is 1.41. The number of carboxylic acid groups (broad SMARTS) is 1. The molecule has 80 valence electrons. The molecule has 0 amide bonds. The minimum atomic E-state index is -0.923. The van der Waals surface area contributed by atoms with Gasteiger partial charge in [-0.15, -0.1) is 0 Å². The SMILES string of the molecule is O=C(O)C=CSc1ccc2ccccc2c1. The highest BCUT2D eigenvalue weighted by Gasteiger charge is 1.95. The fourth-order valence-corrected chi connectivity index (χ4v) is 2.09. The minimum absolute atomic E-state index is 0.923. The van der Waals surface area contributed by atoms with E-state index in [4.69, 9.17) is 5.11 Å². The summed E-state index contributed by atoms with van der Waals surface area (Å²) in [7, 11) is 0. The lowest BCUT2D eigenvalue weighted by atomic mass is 10.1. The van der Waals surface area contributed by atoms with Gasteiger partial charge in [-0.1, -0.05) is 42.1 Å². The van der Waals surface area contributed by atoms with Gasteiger partial charge in [-0.3, -0.25) is 0 Å². The summed E-state index contributed by atoms with van der Waals surface area (Å²) in [5, 5.41) is 12.4. The summed E-state index contributed by atoms with van der Waals surface area (Å²) < 4.78 is 0. The number of rotatable bonds is 3. The molecule has 0 spiro atoms. The van der Waals surface area contributed by atoms with Crippen LogP contribution in [-0.4, -0.2) is 11.1 Å². The molecule has 16 heavy (non-hydrogen) atoms. The van der Waals surface area contributed by atoms with Gasteiger partial charge in [-0.25, -0.2) is 4.79 Å². The van der Waals surface area contributed by atoms with Gasteiger partial charge in [0.25, 0.3) is 0 Å². The van der Waals surface area contributed by atoms with E-state index in [0.717, 1.165) is 16.4 Å². The number of carboxylic acids is 1. The van der Waals surface area contributed by atoms with Gasteiger partial charge in [0, 0.05) is 11.0 Å². The Balaban J connectivity index is 2.23. The first-order valence-corrected chi connectivity index (χ1v) is 5.68. The first-order valence-electron chi connectivity index (χ1n) is 4.80. The average molecular weight is 230 g/mol. The molecule has 0 bridgehead atoms. The summed E-state index contributed by atoms with van der Waals surface area (Å²) >= 11 is 1.40. The number of hydrogen-bond donors (Lipinski definition) is 1. The van der Waals surface area contributed by atoms with Crippen molar-refractivity contribution in [3.05, 3.63) is 53.9 Å². The van der Waals surface area contributed by atoms with Crippen molar-refractivity contribution in [2.75, 3.05) is 0 Å². The van der Waals surface area contributed by atoms with Crippen LogP contribution >= 0.6 is 11.8 Å². The first-order chi connectivity index (χ1) is 7.75. The highest BCUT2D eigenvalue weighted by Crippen LogP contribution is 2.24. The molecule has 3 heteroatoms. The van der Waals surface area contributed by atoms with Crippen LogP contribution in [0, 0.1) is 0 Å². The summed E-state index contributed by atoms with van der Waals surface area (Å²) in [4.78, 5) is 11.3. The molecule has 0 aromatic heterocycles. The van der Waals surface area contributed by atoms with Crippen LogP contribution in [-0.2, 0) is 4.79 Å². The highest BCUT2D eigenvalue weighted by atomic mass is 32.2. The van der Waals surface area contributed by atoms with Crippen LogP contribution in [0.5, 0.6) is 0 Å². The third kappa shape index (κ3) is 2.64. The van der Waals surface area contributed by atoms with E-state index in [-0.39, 0.29) is 0 Å². The smallest absolute Gasteiger partial charge is 0.328 e. The van der Waals surface area contributed by atoms with E-state index in [2.05, 4.69) is 6.07 Å².